The highest BCUT2D eigenvalue weighted by atomic mass is 16.5. The van der Waals surface area contributed by atoms with Gasteiger partial charge in [0.1, 0.15) is 0 Å². The molecule has 1 fully saturated rings. The molecule has 0 saturated carbocycles. The van der Waals surface area contributed by atoms with Crippen molar-refractivity contribution >= 4 is 0 Å². The largest absolute Gasteiger partial charge is 0.370 e. The minimum atomic E-state index is 0.0297. The summed E-state index contributed by atoms with van der Waals surface area (Å²) in [4.78, 5) is 2.48. The first-order valence-electron chi connectivity index (χ1n) is 4.88. The SMILES string of the molecule is CCN1CC(C)(C)OC(C)C1C. The third kappa shape index (κ3) is 1.99. The van der Waals surface area contributed by atoms with Gasteiger partial charge in [-0.2, -0.15) is 0 Å². The molecule has 1 aliphatic rings. The molecule has 1 heterocycles. The van der Waals surface area contributed by atoms with Gasteiger partial charge < -0.3 is 4.74 Å². The summed E-state index contributed by atoms with van der Waals surface area (Å²) in [5, 5.41) is 0. The fraction of sp³-hybridized carbons (Fsp3) is 1.00. The first-order valence-corrected chi connectivity index (χ1v) is 4.88. The van der Waals surface area contributed by atoms with Crippen molar-refractivity contribution < 1.29 is 4.74 Å². The molecule has 0 amide bonds. The Morgan fingerprint density at radius 3 is 2.50 bits per heavy atom. The van der Waals surface area contributed by atoms with E-state index >= 15 is 0 Å². The highest BCUT2D eigenvalue weighted by Crippen LogP contribution is 2.24. The van der Waals surface area contributed by atoms with Crippen molar-refractivity contribution in [3.8, 4) is 0 Å². The molecule has 2 heteroatoms. The van der Waals surface area contributed by atoms with Gasteiger partial charge >= 0.3 is 0 Å². The number of nitrogens with zero attached hydrogens (tertiary/aromatic N) is 1. The molecule has 2 nitrogen and oxygen atoms in total. The number of rotatable bonds is 1. The second kappa shape index (κ2) is 3.35. The Kier molecular flexibility index (Phi) is 2.79. The molecule has 1 rings (SSSR count). The molecule has 0 radical (unpaired) electrons. The molecule has 1 aliphatic heterocycles. The molecule has 0 bridgehead atoms. The first-order chi connectivity index (χ1) is 5.46. The summed E-state index contributed by atoms with van der Waals surface area (Å²) in [5.74, 6) is 0. The summed E-state index contributed by atoms with van der Waals surface area (Å²) >= 11 is 0. The van der Waals surface area contributed by atoms with Crippen molar-refractivity contribution in [2.75, 3.05) is 13.1 Å². The van der Waals surface area contributed by atoms with E-state index in [0.29, 0.717) is 12.1 Å². The van der Waals surface area contributed by atoms with E-state index in [4.69, 9.17) is 4.74 Å². The minimum Gasteiger partial charge on any atom is -0.370 e. The summed E-state index contributed by atoms with van der Waals surface area (Å²) in [6.07, 6.45) is 0.355. The second-order valence-corrected chi connectivity index (χ2v) is 4.39. The van der Waals surface area contributed by atoms with Crippen LogP contribution in [0.5, 0.6) is 0 Å². The molecule has 0 aromatic carbocycles. The van der Waals surface area contributed by atoms with Crippen molar-refractivity contribution in [1.29, 1.82) is 0 Å². The molecule has 0 spiro atoms. The number of hydrogen-bond donors (Lipinski definition) is 0. The number of hydrogen-bond acceptors (Lipinski definition) is 2. The second-order valence-electron chi connectivity index (χ2n) is 4.39. The Morgan fingerprint density at radius 1 is 1.42 bits per heavy atom. The Morgan fingerprint density at radius 2 is 2.00 bits per heavy atom. The molecule has 72 valence electrons. The standard InChI is InChI=1S/C10H21NO/c1-6-11-7-10(4,5)12-9(3)8(11)2/h8-9H,6-7H2,1-5H3. The van der Waals surface area contributed by atoms with Gasteiger partial charge in [-0.15, -0.1) is 0 Å². The summed E-state index contributed by atoms with van der Waals surface area (Å²) < 4.78 is 5.88. The lowest BCUT2D eigenvalue weighted by Gasteiger charge is -2.45. The Balaban J connectivity index is 2.65. The molecule has 2 unspecified atom stereocenters. The predicted molar refractivity (Wildman–Crippen MR) is 51.3 cm³/mol. The van der Waals surface area contributed by atoms with Gasteiger partial charge in [0.05, 0.1) is 11.7 Å². The highest BCUT2D eigenvalue weighted by molar-refractivity contribution is 4.86. The zero-order chi connectivity index (χ0) is 9.35. The zero-order valence-corrected chi connectivity index (χ0v) is 8.92. The molecule has 1 saturated heterocycles. The number of ether oxygens (including phenoxy) is 1. The van der Waals surface area contributed by atoms with E-state index < -0.39 is 0 Å². The maximum atomic E-state index is 5.88. The molecule has 0 aromatic heterocycles. The van der Waals surface area contributed by atoms with Crippen LogP contribution < -0.4 is 0 Å². The van der Waals surface area contributed by atoms with Crippen molar-refractivity contribution in [2.24, 2.45) is 0 Å². The summed E-state index contributed by atoms with van der Waals surface area (Å²) in [6, 6.07) is 0.558. The lowest BCUT2D eigenvalue weighted by Crippen LogP contribution is -2.56. The lowest BCUT2D eigenvalue weighted by molar-refractivity contribution is -0.152. The topological polar surface area (TPSA) is 12.5 Å². The smallest absolute Gasteiger partial charge is 0.0757 e. The van der Waals surface area contributed by atoms with Gasteiger partial charge in [0.15, 0.2) is 0 Å². The zero-order valence-electron chi connectivity index (χ0n) is 8.92. The molecule has 2 atom stereocenters. The Hall–Kier alpha value is -0.0800. The van der Waals surface area contributed by atoms with Gasteiger partial charge in [0, 0.05) is 12.6 Å². The van der Waals surface area contributed by atoms with Crippen LogP contribution in [0, 0.1) is 0 Å². The number of likely N-dealkylation sites (N-methyl/N-ethyl adjacent to an activating group) is 1. The van der Waals surface area contributed by atoms with Gasteiger partial charge in [0.25, 0.3) is 0 Å². The third-order valence-corrected chi connectivity index (χ3v) is 2.75. The van der Waals surface area contributed by atoms with E-state index in [1.54, 1.807) is 0 Å². The summed E-state index contributed by atoms with van der Waals surface area (Å²) in [5.41, 5.74) is 0.0297. The van der Waals surface area contributed by atoms with Crippen molar-refractivity contribution in [3.63, 3.8) is 0 Å². The Labute approximate surface area is 75.9 Å². The van der Waals surface area contributed by atoms with E-state index in [-0.39, 0.29) is 5.60 Å². The van der Waals surface area contributed by atoms with Crippen LogP contribution in [-0.4, -0.2) is 35.7 Å². The van der Waals surface area contributed by atoms with Gasteiger partial charge in [-0.1, -0.05) is 6.92 Å². The fourth-order valence-electron chi connectivity index (χ4n) is 1.97. The molecular formula is C10H21NO. The minimum absolute atomic E-state index is 0.0297. The monoisotopic (exact) mass is 171 g/mol. The van der Waals surface area contributed by atoms with Gasteiger partial charge in [-0.3, -0.25) is 4.90 Å². The summed E-state index contributed by atoms with van der Waals surface area (Å²) in [6.45, 7) is 13.1. The van der Waals surface area contributed by atoms with Crippen LogP contribution in [0.2, 0.25) is 0 Å². The van der Waals surface area contributed by atoms with Crippen LogP contribution in [0.3, 0.4) is 0 Å². The summed E-state index contributed by atoms with van der Waals surface area (Å²) in [7, 11) is 0. The van der Waals surface area contributed by atoms with E-state index in [2.05, 4.69) is 39.5 Å². The highest BCUT2D eigenvalue weighted by Gasteiger charge is 2.35. The molecule has 0 N–H and O–H groups in total. The Bertz CT molecular complexity index is 156. The van der Waals surface area contributed by atoms with Gasteiger partial charge in [-0.05, 0) is 34.2 Å². The van der Waals surface area contributed by atoms with Gasteiger partial charge in [0.2, 0.25) is 0 Å². The molecule has 12 heavy (non-hydrogen) atoms. The predicted octanol–water partition coefficient (Wildman–Crippen LogP) is 1.89. The normalized spacial score (nSPS) is 36.8. The average molecular weight is 171 g/mol. The van der Waals surface area contributed by atoms with Crippen molar-refractivity contribution in [3.05, 3.63) is 0 Å². The lowest BCUT2D eigenvalue weighted by atomic mass is 10.0. The van der Waals surface area contributed by atoms with Crippen LogP contribution in [0.15, 0.2) is 0 Å². The first kappa shape index (κ1) is 10.0. The average Bonchev–Trinajstić information content (AvgIpc) is 1.96. The van der Waals surface area contributed by atoms with Crippen LogP contribution in [-0.2, 0) is 4.74 Å². The van der Waals surface area contributed by atoms with Crippen molar-refractivity contribution in [2.45, 2.75) is 52.4 Å². The van der Waals surface area contributed by atoms with E-state index in [9.17, 15) is 0 Å². The number of morpholine rings is 1. The quantitative estimate of drug-likeness (QED) is 0.597. The molecule has 0 aliphatic carbocycles. The fourth-order valence-corrected chi connectivity index (χ4v) is 1.97. The molecule has 0 aromatic rings. The van der Waals surface area contributed by atoms with Crippen LogP contribution >= 0.6 is 0 Å². The van der Waals surface area contributed by atoms with Gasteiger partial charge in [-0.25, -0.2) is 0 Å². The maximum absolute atomic E-state index is 5.88. The van der Waals surface area contributed by atoms with E-state index in [0.717, 1.165) is 13.1 Å². The van der Waals surface area contributed by atoms with Crippen LogP contribution in [0.1, 0.15) is 34.6 Å². The van der Waals surface area contributed by atoms with E-state index in [1.807, 2.05) is 0 Å². The van der Waals surface area contributed by atoms with Crippen LogP contribution in [0.4, 0.5) is 0 Å². The van der Waals surface area contributed by atoms with E-state index in [1.165, 1.54) is 0 Å². The van der Waals surface area contributed by atoms with Crippen LogP contribution in [0.25, 0.3) is 0 Å². The maximum Gasteiger partial charge on any atom is 0.0757 e. The van der Waals surface area contributed by atoms with Crippen molar-refractivity contribution in [1.82, 2.24) is 4.90 Å². The molecular weight excluding hydrogens is 150 g/mol. The third-order valence-electron chi connectivity index (χ3n) is 2.75.